The predicted octanol–water partition coefficient (Wildman–Crippen LogP) is 7.46. The van der Waals surface area contributed by atoms with Crippen molar-refractivity contribution in [1.82, 2.24) is 0 Å². The Morgan fingerprint density at radius 1 is 0.721 bits per heavy atom. The van der Waals surface area contributed by atoms with Crippen LogP contribution in [-0.2, 0) is 0 Å². The van der Waals surface area contributed by atoms with Crippen LogP contribution < -0.4 is 15.5 Å². The minimum atomic E-state index is -7.94. The topological polar surface area (TPSA) is 79.2 Å². The van der Waals surface area contributed by atoms with E-state index in [-0.39, 0.29) is 22.6 Å². The molecule has 5 nitrogen and oxygen atoms in total. The van der Waals surface area contributed by atoms with E-state index in [1.54, 1.807) is 6.07 Å². The summed E-state index contributed by atoms with van der Waals surface area (Å²) in [7, 11) is 0. The number of nitrogens with one attached hydrogen (secondary N) is 1. The smallest absolute Gasteiger partial charge is 0.460 e. The normalized spacial score (nSPS) is 13.3. The van der Waals surface area contributed by atoms with E-state index in [4.69, 9.17) is 10.00 Å². The third kappa shape index (κ3) is 6.96. The van der Waals surface area contributed by atoms with Gasteiger partial charge in [-0.1, -0.05) is 0 Å². The number of hydrogen-bond acceptors (Lipinski definition) is 4. The van der Waals surface area contributed by atoms with Crippen LogP contribution in [-0.4, -0.2) is 48.3 Å². The van der Waals surface area contributed by atoms with Crippen LogP contribution in [0.4, 0.5) is 62.8 Å². The van der Waals surface area contributed by atoms with Crippen LogP contribution in [0, 0.1) is 11.3 Å². The molecular formula is C25H17F13N2O3. The second kappa shape index (κ2) is 12.3. The number of rotatable bonds is 12. The van der Waals surface area contributed by atoms with Gasteiger partial charge in [-0.25, -0.2) is 0 Å². The zero-order chi connectivity index (χ0) is 33.1. The number of amides is 1. The zero-order valence-electron chi connectivity index (χ0n) is 21.0. The first-order chi connectivity index (χ1) is 19.5. The van der Waals surface area contributed by atoms with Gasteiger partial charge in [0.2, 0.25) is 5.43 Å². The predicted molar refractivity (Wildman–Crippen MR) is 122 cm³/mol. The van der Waals surface area contributed by atoms with Crippen LogP contribution in [0.25, 0.3) is 0 Å². The van der Waals surface area contributed by atoms with Crippen LogP contribution >= 0.6 is 0 Å². The summed E-state index contributed by atoms with van der Waals surface area (Å²) in [6.07, 6.45) is -11.6. The van der Waals surface area contributed by atoms with E-state index in [0.717, 1.165) is 18.2 Å². The maximum absolute atomic E-state index is 13.8. The lowest BCUT2D eigenvalue weighted by molar-refractivity contribution is -0.440. The maximum Gasteiger partial charge on any atom is 0.460 e. The van der Waals surface area contributed by atoms with E-state index < -0.39 is 73.0 Å². The second-order valence-corrected chi connectivity index (χ2v) is 8.80. The molecule has 1 amide bonds. The van der Waals surface area contributed by atoms with Crippen molar-refractivity contribution < 1.29 is 66.6 Å². The van der Waals surface area contributed by atoms with Gasteiger partial charge in [-0.3, -0.25) is 9.59 Å². The zero-order valence-corrected chi connectivity index (χ0v) is 21.0. The third-order valence-corrected chi connectivity index (χ3v) is 5.76. The quantitative estimate of drug-likeness (QED) is 0.193. The van der Waals surface area contributed by atoms with Crippen LogP contribution in [0.5, 0.6) is 5.75 Å². The molecule has 2 aromatic rings. The van der Waals surface area contributed by atoms with E-state index in [0.29, 0.717) is 0 Å². The van der Waals surface area contributed by atoms with Crippen LogP contribution in [0.15, 0.2) is 53.3 Å². The molecule has 0 aliphatic rings. The lowest BCUT2D eigenvalue weighted by Crippen LogP contribution is -2.70. The second-order valence-electron chi connectivity index (χ2n) is 8.80. The molecule has 0 saturated carbocycles. The van der Waals surface area contributed by atoms with Gasteiger partial charge in [-0.05, 0) is 61.4 Å². The Hall–Kier alpha value is -4.04. The summed E-state index contributed by atoms with van der Waals surface area (Å²) < 4.78 is 176. The lowest BCUT2D eigenvalue weighted by Gasteiger charge is -2.39. The molecule has 0 aliphatic heterocycles. The highest BCUT2D eigenvalue weighted by Gasteiger charge is 2.90. The lowest BCUT2D eigenvalue weighted by atomic mass is 9.92. The average Bonchev–Trinajstić information content (AvgIpc) is 3.08. The Balaban J connectivity index is 1.97. The molecule has 0 aliphatic carbocycles. The van der Waals surface area contributed by atoms with E-state index in [1.807, 2.05) is 0 Å². The van der Waals surface area contributed by atoms with E-state index in [9.17, 15) is 66.7 Å². The number of alkyl halides is 13. The molecule has 0 saturated heterocycles. The number of nitrogens with zero attached hydrogens (tertiary/aromatic N) is 1. The number of carbonyl (C=O) groups excluding carboxylic acids is 1. The molecule has 0 spiro atoms. The SMILES string of the molecule is N#Cc1ccc(NC(=O)c2ccc(OCCCCC(F)(F)C(F)(F)C(F)(F)C(F)(F)C(F)(F)C(F)(F)F)cc2)c(=O)cc1. The molecule has 0 fully saturated rings. The van der Waals surface area contributed by atoms with Crippen molar-refractivity contribution in [3.8, 4) is 11.8 Å². The molecule has 1 N–H and O–H groups in total. The van der Waals surface area contributed by atoms with Crippen molar-refractivity contribution in [3.05, 3.63) is 69.9 Å². The van der Waals surface area contributed by atoms with Gasteiger partial charge in [0.1, 0.15) is 5.75 Å². The van der Waals surface area contributed by atoms with Gasteiger partial charge in [0.05, 0.1) is 23.9 Å². The minimum Gasteiger partial charge on any atom is -0.494 e. The number of benzene rings is 1. The van der Waals surface area contributed by atoms with Crippen molar-refractivity contribution in [2.75, 3.05) is 11.9 Å². The number of unbranched alkanes of at least 4 members (excludes halogenated alkanes) is 1. The fraction of sp³-hybridized carbons (Fsp3) is 0.400. The van der Waals surface area contributed by atoms with Gasteiger partial charge in [-0.15, -0.1) is 0 Å². The largest absolute Gasteiger partial charge is 0.494 e. The highest BCUT2D eigenvalue weighted by atomic mass is 19.4. The van der Waals surface area contributed by atoms with Crippen molar-refractivity contribution in [2.24, 2.45) is 0 Å². The molecule has 0 heterocycles. The van der Waals surface area contributed by atoms with Crippen molar-refractivity contribution in [2.45, 2.75) is 55.1 Å². The Bertz CT molecular complexity index is 1400. The first-order valence-electron chi connectivity index (χ1n) is 11.6. The standard InChI is InChI=1S/C25H17F13N2O3/c26-20(27,21(28,29)22(30,31)23(32,33)24(34,35)25(36,37)38)11-1-2-12-43-16-7-5-15(6-8-16)19(42)40-17-9-3-14(13-39)4-10-18(17)41/h3-10H,1-2,11-12H2,(H,40,41,42). The molecule has 43 heavy (non-hydrogen) atoms. The monoisotopic (exact) mass is 640 g/mol. The van der Waals surface area contributed by atoms with Gasteiger partial charge in [0, 0.05) is 12.0 Å². The van der Waals surface area contributed by atoms with Crippen molar-refractivity contribution in [1.29, 1.82) is 5.26 Å². The number of halogens is 13. The third-order valence-electron chi connectivity index (χ3n) is 5.76. The fourth-order valence-electron chi connectivity index (χ4n) is 3.24. The van der Waals surface area contributed by atoms with Crippen molar-refractivity contribution in [3.63, 3.8) is 0 Å². The average molecular weight is 640 g/mol. The molecule has 0 atom stereocenters. The molecule has 2 rings (SSSR count). The van der Waals surface area contributed by atoms with Crippen molar-refractivity contribution >= 4 is 11.6 Å². The number of carbonyl (C=O) groups is 1. The summed E-state index contributed by atoms with van der Waals surface area (Å²) in [5.41, 5.74) is -0.657. The van der Waals surface area contributed by atoms with Gasteiger partial charge in [0.15, 0.2) is 0 Å². The number of nitriles is 1. The Morgan fingerprint density at radius 2 is 1.26 bits per heavy atom. The molecule has 236 valence electrons. The molecule has 0 unspecified atom stereocenters. The van der Waals surface area contributed by atoms with Crippen LogP contribution in [0.3, 0.4) is 0 Å². The maximum atomic E-state index is 13.8. The Kier molecular flexibility index (Phi) is 10.0. The summed E-state index contributed by atoms with van der Waals surface area (Å²) in [6.45, 7) is -0.576. The van der Waals surface area contributed by atoms with E-state index in [2.05, 4.69) is 5.32 Å². The first kappa shape index (κ1) is 35.2. The number of ether oxygens (including phenoxy) is 1. The van der Waals surface area contributed by atoms with Crippen LogP contribution in [0.2, 0.25) is 0 Å². The molecule has 0 aromatic heterocycles. The highest BCUT2D eigenvalue weighted by molar-refractivity contribution is 6.04. The van der Waals surface area contributed by atoms with Gasteiger partial charge in [0.25, 0.3) is 5.91 Å². The van der Waals surface area contributed by atoms with E-state index in [1.165, 1.54) is 30.3 Å². The molecule has 0 bridgehead atoms. The van der Waals surface area contributed by atoms with Gasteiger partial charge in [-0.2, -0.15) is 62.3 Å². The first-order valence-corrected chi connectivity index (χ1v) is 11.6. The number of anilines is 1. The molecule has 2 aromatic carbocycles. The Labute approximate surface area is 232 Å². The summed E-state index contributed by atoms with van der Waals surface area (Å²) in [6, 6.07) is 11.2. The summed E-state index contributed by atoms with van der Waals surface area (Å²) in [5, 5.41) is 11.2. The highest BCUT2D eigenvalue weighted by Crippen LogP contribution is 2.60. The molecule has 0 radical (unpaired) electrons. The molecule has 18 heteroatoms. The molecular weight excluding hydrogens is 623 g/mol. The summed E-state index contributed by atoms with van der Waals surface area (Å²) in [5.74, 6) is -37.8. The van der Waals surface area contributed by atoms with Gasteiger partial charge >= 0.3 is 35.8 Å². The Morgan fingerprint density at radius 3 is 1.79 bits per heavy atom. The van der Waals surface area contributed by atoms with E-state index >= 15 is 0 Å². The fourth-order valence-corrected chi connectivity index (χ4v) is 3.24. The van der Waals surface area contributed by atoms with Gasteiger partial charge < -0.3 is 10.1 Å². The number of hydrogen-bond donors (Lipinski definition) is 1. The minimum absolute atomic E-state index is 0.0190. The summed E-state index contributed by atoms with van der Waals surface area (Å²) in [4.78, 5) is 24.4. The van der Waals surface area contributed by atoms with Crippen LogP contribution in [0.1, 0.15) is 35.2 Å². The summed E-state index contributed by atoms with van der Waals surface area (Å²) >= 11 is 0.